The van der Waals surface area contributed by atoms with E-state index in [9.17, 15) is 0 Å². The molecule has 3 rings (SSSR count). The summed E-state index contributed by atoms with van der Waals surface area (Å²) in [5.74, 6) is 1.29. The maximum Gasteiger partial charge on any atom is 0.310 e. The Kier molecular flexibility index (Phi) is 5.84. The van der Waals surface area contributed by atoms with Gasteiger partial charge in [0.05, 0.1) is 0 Å². The van der Waals surface area contributed by atoms with E-state index in [4.69, 9.17) is 14.7 Å². The molecule has 0 aliphatic carbocycles. The zero-order valence-corrected chi connectivity index (χ0v) is 14.0. The van der Waals surface area contributed by atoms with Crippen molar-refractivity contribution in [1.82, 2.24) is 0 Å². The molecule has 0 heterocycles. The van der Waals surface area contributed by atoms with E-state index in [1.807, 2.05) is 72.8 Å². The van der Waals surface area contributed by atoms with Crippen LogP contribution in [0.4, 0.5) is 5.69 Å². The molecule has 0 radical (unpaired) electrons. The Morgan fingerprint density at radius 2 is 1.58 bits per heavy atom. The normalized spacial score (nSPS) is 10.7. The van der Waals surface area contributed by atoms with Crippen molar-refractivity contribution < 1.29 is 9.47 Å². The van der Waals surface area contributed by atoms with Crippen LogP contribution in [0.2, 0.25) is 0 Å². The molecule has 128 valence electrons. The summed E-state index contributed by atoms with van der Waals surface area (Å²) in [6.07, 6.45) is 1.74. The summed E-state index contributed by atoms with van der Waals surface area (Å²) in [4.78, 5) is 3.69. The van der Waals surface area contributed by atoms with E-state index in [1.54, 1.807) is 18.3 Å². The summed E-state index contributed by atoms with van der Waals surface area (Å²) >= 11 is 0. The molecule has 5 heteroatoms. The summed E-state index contributed by atoms with van der Waals surface area (Å²) in [6.45, 7) is 0.476. The molecule has 0 amide bonds. The lowest BCUT2D eigenvalue weighted by Gasteiger charge is -2.11. The van der Waals surface area contributed by atoms with Gasteiger partial charge in [-0.1, -0.05) is 54.6 Å². The predicted octanol–water partition coefficient (Wildman–Crippen LogP) is 4.59. The van der Waals surface area contributed by atoms with Gasteiger partial charge in [0.1, 0.15) is 18.1 Å². The van der Waals surface area contributed by atoms with Gasteiger partial charge in [0.2, 0.25) is 6.19 Å². The van der Waals surface area contributed by atoms with Gasteiger partial charge in [-0.25, -0.2) is 0 Å². The van der Waals surface area contributed by atoms with Gasteiger partial charge >= 0.3 is 6.02 Å². The molecule has 3 aromatic carbocycles. The number of nitrogens with one attached hydrogen (secondary N) is 1. The summed E-state index contributed by atoms with van der Waals surface area (Å²) in [5, 5.41) is 11.9. The number of anilines is 1. The average Bonchev–Trinajstić information content (AvgIpc) is 2.68. The lowest BCUT2D eigenvalue weighted by molar-refractivity contribution is 0.306. The molecular formula is C21H17N3O2. The highest BCUT2D eigenvalue weighted by atomic mass is 16.5. The number of benzene rings is 3. The van der Waals surface area contributed by atoms with Gasteiger partial charge in [-0.05, 0) is 29.8 Å². The van der Waals surface area contributed by atoms with E-state index < -0.39 is 0 Å². The zero-order chi connectivity index (χ0) is 18.0. The Hall–Kier alpha value is -3.78. The van der Waals surface area contributed by atoms with Gasteiger partial charge in [-0.3, -0.25) is 0 Å². The number of amidine groups is 1. The first-order valence-electron chi connectivity index (χ1n) is 8.07. The first-order chi connectivity index (χ1) is 12.8. The van der Waals surface area contributed by atoms with Gasteiger partial charge in [-0.2, -0.15) is 5.26 Å². The fraction of sp³-hybridized carbons (Fsp3) is 0.0476. The van der Waals surface area contributed by atoms with E-state index in [0.29, 0.717) is 23.8 Å². The molecule has 3 aromatic rings. The van der Waals surface area contributed by atoms with Crippen LogP contribution in [0.25, 0.3) is 0 Å². The fourth-order valence-electron chi connectivity index (χ4n) is 2.25. The summed E-state index contributed by atoms with van der Waals surface area (Å²) in [7, 11) is 0. The van der Waals surface area contributed by atoms with Crippen LogP contribution in [0, 0.1) is 11.5 Å². The molecule has 0 fully saturated rings. The van der Waals surface area contributed by atoms with E-state index >= 15 is 0 Å². The van der Waals surface area contributed by atoms with Gasteiger partial charge in [-0.15, -0.1) is 4.99 Å². The quantitative estimate of drug-likeness (QED) is 0.418. The van der Waals surface area contributed by atoms with Gasteiger partial charge in [0.15, 0.2) is 0 Å². The minimum Gasteiger partial charge on any atom is -0.489 e. The van der Waals surface area contributed by atoms with E-state index in [-0.39, 0.29) is 6.02 Å². The van der Waals surface area contributed by atoms with Crippen molar-refractivity contribution >= 4 is 11.7 Å². The minimum absolute atomic E-state index is 0.0962. The van der Waals surface area contributed by atoms with Crippen molar-refractivity contribution in [2.75, 3.05) is 5.32 Å². The van der Waals surface area contributed by atoms with Crippen LogP contribution in [-0.4, -0.2) is 6.02 Å². The Morgan fingerprint density at radius 3 is 2.31 bits per heavy atom. The Bertz CT molecular complexity index is 903. The maximum absolute atomic E-state index is 8.88. The molecule has 0 spiro atoms. The molecule has 0 aliphatic heterocycles. The van der Waals surface area contributed by atoms with Gasteiger partial charge < -0.3 is 14.8 Å². The van der Waals surface area contributed by atoms with Crippen LogP contribution in [0.3, 0.4) is 0 Å². The molecule has 0 bridgehead atoms. The highest BCUT2D eigenvalue weighted by Crippen LogP contribution is 2.19. The van der Waals surface area contributed by atoms with Crippen LogP contribution >= 0.6 is 0 Å². The monoisotopic (exact) mass is 343 g/mol. The molecular weight excluding hydrogens is 326 g/mol. The number of hydrogen-bond acceptors (Lipinski definition) is 4. The van der Waals surface area contributed by atoms with Crippen LogP contribution in [0.1, 0.15) is 5.56 Å². The lowest BCUT2D eigenvalue weighted by Crippen LogP contribution is -2.19. The van der Waals surface area contributed by atoms with Crippen molar-refractivity contribution in [3.63, 3.8) is 0 Å². The number of para-hydroxylation sites is 1. The molecule has 0 aliphatic rings. The lowest BCUT2D eigenvalue weighted by atomic mass is 10.2. The molecule has 0 atom stereocenters. The second-order valence-corrected chi connectivity index (χ2v) is 5.36. The minimum atomic E-state index is 0.0962. The molecule has 5 nitrogen and oxygen atoms in total. The number of nitriles is 1. The topological polar surface area (TPSA) is 66.6 Å². The molecule has 0 saturated heterocycles. The third-order valence-electron chi connectivity index (χ3n) is 3.44. The number of rotatable bonds is 5. The third-order valence-corrected chi connectivity index (χ3v) is 3.44. The number of aliphatic imine (C=N–C) groups is 1. The molecule has 1 N–H and O–H groups in total. The largest absolute Gasteiger partial charge is 0.489 e. The maximum atomic E-state index is 8.88. The average molecular weight is 343 g/mol. The zero-order valence-electron chi connectivity index (χ0n) is 14.0. The Morgan fingerprint density at radius 1 is 0.885 bits per heavy atom. The van der Waals surface area contributed by atoms with Gasteiger partial charge in [0, 0.05) is 11.8 Å². The SMILES string of the molecule is N#C/N=C(/Nc1cccc(OCc2ccccc2)c1)Oc1ccccc1. The standard InChI is InChI=1S/C21H17N3O2/c22-16-23-21(26-19-11-5-2-6-12-19)24-18-10-7-13-20(14-18)25-15-17-8-3-1-4-9-17/h1-14H,15H2,(H,23,24). The molecule has 26 heavy (non-hydrogen) atoms. The summed E-state index contributed by atoms with van der Waals surface area (Å²) in [6, 6.07) is 26.6. The fourth-order valence-corrected chi connectivity index (χ4v) is 2.25. The Labute approximate surface area is 152 Å². The number of nitrogens with zero attached hydrogens (tertiary/aromatic N) is 2. The highest BCUT2D eigenvalue weighted by Gasteiger charge is 2.05. The molecule has 0 saturated carbocycles. The first-order valence-corrected chi connectivity index (χ1v) is 8.07. The van der Waals surface area contributed by atoms with Crippen molar-refractivity contribution in [2.24, 2.45) is 4.99 Å². The van der Waals surface area contributed by atoms with E-state index in [1.165, 1.54) is 0 Å². The van der Waals surface area contributed by atoms with Crippen molar-refractivity contribution in [3.05, 3.63) is 90.5 Å². The van der Waals surface area contributed by atoms with Crippen LogP contribution in [0.15, 0.2) is 89.9 Å². The van der Waals surface area contributed by atoms with E-state index in [2.05, 4.69) is 10.3 Å². The van der Waals surface area contributed by atoms with E-state index in [0.717, 1.165) is 5.56 Å². The molecule has 0 aromatic heterocycles. The highest BCUT2D eigenvalue weighted by molar-refractivity contribution is 5.91. The van der Waals surface area contributed by atoms with Crippen LogP contribution < -0.4 is 14.8 Å². The summed E-state index contributed by atoms with van der Waals surface area (Å²) in [5.41, 5.74) is 1.80. The predicted molar refractivity (Wildman–Crippen MR) is 101 cm³/mol. The molecule has 0 unspecified atom stereocenters. The second-order valence-electron chi connectivity index (χ2n) is 5.36. The van der Waals surface area contributed by atoms with Crippen LogP contribution in [0.5, 0.6) is 11.5 Å². The summed E-state index contributed by atoms with van der Waals surface area (Å²) < 4.78 is 11.4. The third kappa shape index (κ3) is 5.11. The van der Waals surface area contributed by atoms with Crippen molar-refractivity contribution in [1.29, 1.82) is 5.26 Å². The Balaban J connectivity index is 1.66. The number of hydrogen-bond donors (Lipinski definition) is 1. The van der Waals surface area contributed by atoms with Crippen LogP contribution in [-0.2, 0) is 6.61 Å². The first kappa shape index (κ1) is 17.1. The van der Waals surface area contributed by atoms with Gasteiger partial charge in [0.25, 0.3) is 0 Å². The van der Waals surface area contributed by atoms with Crippen molar-refractivity contribution in [2.45, 2.75) is 6.61 Å². The second kappa shape index (κ2) is 8.90. The van der Waals surface area contributed by atoms with Crippen molar-refractivity contribution in [3.8, 4) is 17.7 Å². The number of ether oxygens (including phenoxy) is 2. The smallest absolute Gasteiger partial charge is 0.310 e.